The highest BCUT2D eigenvalue weighted by atomic mass is 15.2. The topological polar surface area (TPSA) is 14.7 Å². The molecule has 0 fully saturated rings. The second-order valence-electron chi connectivity index (χ2n) is 15.9. The van der Waals surface area contributed by atoms with Crippen molar-refractivity contribution in [3.63, 3.8) is 0 Å². The Bertz CT molecular complexity index is 3110. The third-order valence-corrected chi connectivity index (χ3v) is 11.9. The van der Waals surface area contributed by atoms with E-state index in [4.69, 9.17) is 0 Å². The van der Waals surface area contributed by atoms with E-state index in [1.54, 1.807) is 0 Å². The molecule has 0 amide bonds. The Balaban J connectivity index is 1.12. The molecule has 0 atom stereocenters. The maximum Gasteiger partial charge on any atom is 0.0561 e. The van der Waals surface area contributed by atoms with E-state index in [1.165, 1.54) is 27.4 Å². The minimum Gasteiger partial charge on any atom is -0.310 e. The molecule has 11 rings (SSSR count). The molecule has 0 bridgehead atoms. The van der Waals surface area contributed by atoms with Crippen LogP contribution in [-0.4, -0.2) is 4.57 Å². The number of anilines is 9. The van der Waals surface area contributed by atoms with Crippen molar-refractivity contribution in [3.05, 3.63) is 267 Å². The first kappa shape index (κ1) is 38.3. The average molecular weight is 821 g/mol. The van der Waals surface area contributed by atoms with Crippen LogP contribution in [0.4, 0.5) is 51.2 Å². The number of hydrogen-bond acceptors (Lipinski definition) is 3. The molecular weight excluding hydrogens is 777 g/mol. The molecule has 0 N–H and O–H groups in total. The van der Waals surface area contributed by atoms with Gasteiger partial charge in [-0.25, -0.2) is 0 Å². The van der Waals surface area contributed by atoms with Gasteiger partial charge in [-0.15, -0.1) is 0 Å². The number of fused-ring (bicyclic) bond motifs is 3. The Hall–Kier alpha value is -8.60. The van der Waals surface area contributed by atoms with Gasteiger partial charge in [0.15, 0.2) is 0 Å². The molecule has 0 saturated heterocycles. The van der Waals surface area contributed by atoms with Crippen LogP contribution in [0.15, 0.2) is 267 Å². The van der Waals surface area contributed by atoms with Crippen LogP contribution in [0, 0.1) is 0 Å². The van der Waals surface area contributed by atoms with Crippen molar-refractivity contribution in [2.24, 2.45) is 0 Å². The van der Waals surface area contributed by atoms with Crippen LogP contribution in [0.5, 0.6) is 0 Å². The summed E-state index contributed by atoms with van der Waals surface area (Å²) in [7, 11) is 0. The van der Waals surface area contributed by atoms with Gasteiger partial charge in [0.2, 0.25) is 0 Å². The maximum absolute atomic E-state index is 2.41. The Morgan fingerprint density at radius 1 is 0.219 bits per heavy atom. The highest BCUT2D eigenvalue weighted by molar-refractivity contribution is 6.10. The minimum atomic E-state index is 1.03. The van der Waals surface area contributed by atoms with Crippen LogP contribution >= 0.6 is 0 Å². The first-order chi connectivity index (χ1) is 31.8. The third kappa shape index (κ3) is 7.33. The molecule has 0 aliphatic rings. The largest absolute Gasteiger partial charge is 0.310 e. The minimum absolute atomic E-state index is 1.03. The van der Waals surface area contributed by atoms with Gasteiger partial charge < -0.3 is 19.3 Å². The number of para-hydroxylation sites is 5. The van der Waals surface area contributed by atoms with Gasteiger partial charge in [0.05, 0.1) is 11.0 Å². The van der Waals surface area contributed by atoms with Crippen molar-refractivity contribution in [2.75, 3.05) is 14.7 Å². The van der Waals surface area contributed by atoms with E-state index in [0.717, 1.165) is 62.4 Å². The predicted octanol–water partition coefficient (Wildman–Crippen LogP) is 16.9. The van der Waals surface area contributed by atoms with Crippen LogP contribution in [0.25, 0.3) is 38.6 Å². The summed E-state index contributed by atoms with van der Waals surface area (Å²) in [6, 6.07) is 95.4. The van der Waals surface area contributed by atoms with Crippen molar-refractivity contribution in [2.45, 2.75) is 0 Å². The number of aromatic nitrogens is 1. The van der Waals surface area contributed by atoms with Crippen molar-refractivity contribution in [1.29, 1.82) is 0 Å². The third-order valence-electron chi connectivity index (χ3n) is 11.9. The van der Waals surface area contributed by atoms with Crippen molar-refractivity contribution in [1.82, 2.24) is 4.57 Å². The fourth-order valence-corrected chi connectivity index (χ4v) is 9.00. The lowest BCUT2D eigenvalue weighted by Gasteiger charge is -2.31. The molecule has 0 spiro atoms. The van der Waals surface area contributed by atoms with Crippen LogP contribution < -0.4 is 14.7 Å². The summed E-state index contributed by atoms with van der Waals surface area (Å²) < 4.78 is 2.41. The molecule has 304 valence electrons. The van der Waals surface area contributed by atoms with Crippen LogP contribution in [0.3, 0.4) is 0 Å². The van der Waals surface area contributed by atoms with E-state index in [1.807, 2.05) is 0 Å². The van der Waals surface area contributed by atoms with Gasteiger partial charge in [-0.1, -0.05) is 152 Å². The Labute approximate surface area is 374 Å². The van der Waals surface area contributed by atoms with E-state index in [9.17, 15) is 0 Å². The quantitative estimate of drug-likeness (QED) is 0.129. The summed E-state index contributed by atoms with van der Waals surface area (Å²) >= 11 is 0. The molecule has 1 heterocycles. The molecular formula is C60H44N4. The zero-order chi connectivity index (χ0) is 42.7. The second-order valence-corrected chi connectivity index (χ2v) is 15.9. The van der Waals surface area contributed by atoms with E-state index in [2.05, 4.69) is 286 Å². The smallest absolute Gasteiger partial charge is 0.0561 e. The SMILES string of the molecule is c1ccc(-c2ccc(-n3c4ccccc4c4ccc(N(c5cccc(N(c6ccccc6)c6ccccc6)c5)c5cccc(N(c6ccccc6)c6ccccc6)c5)cc43)cc2)cc1. The first-order valence-corrected chi connectivity index (χ1v) is 21.8. The highest BCUT2D eigenvalue weighted by Gasteiger charge is 2.21. The molecule has 0 aliphatic heterocycles. The van der Waals surface area contributed by atoms with E-state index < -0.39 is 0 Å². The van der Waals surface area contributed by atoms with Gasteiger partial charge in [-0.05, 0) is 126 Å². The molecule has 10 aromatic carbocycles. The molecule has 4 nitrogen and oxygen atoms in total. The zero-order valence-electron chi connectivity index (χ0n) is 35.2. The van der Waals surface area contributed by atoms with Crippen molar-refractivity contribution >= 4 is 73.0 Å². The summed E-state index contributed by atoms with van der Waals surface area (Å²) in [5, 5.41) is 2.42. The van der Waals surface area contributed by atoms with Gasteiger partial charge >= 0.3 is 0 Å². The van der Waals surface area contributed by atoms with Crippen molar-refractivity contribution < 1.29 is 0 Å². The molecule has 4 heteroatoms. The molecule has 11 aromatic rings. The van der Waals surface area contributed by atoms with Gasteiger partial charge in [0.25, 0.3) is 0 Å². The summed E-state index contributed by atoms with van der Waals surface area (Å²) in [6.07, 6.45) is 0. The van der Waals surface area contributed by atoms with E-state index in [0.29, 0.717) is 0 Å². The van der Waals surface area contributed by atoms with Crippen LogP contribution in [0.2, 0.25) is 0 Å². The molecule has 0 saturated carbocycles. The summed E-state index contributed by atoms with van der Waals surface area (Å²) in [5.74, 6) is 0. The lowest BCUT2D eigenvalue weighted by atomic mass is 10.1. The number of benzene rings is 10. The predicted molar refractivity (Wildman–Crippen MR) is 270 cm³/mol. The molecule has 64 heavy (non-hydrogen) atoms. The first-order valence-electron chi connectivity index (χ1n) is 21.8. The molecule has 0 aliphatic carbocycles. The maximum atomic E-state index is 2.41. The highest BCUT2D eigenvalue weighted by Crippen LogP contribution is 2.44. The Kier molecular flexibility index (Phi) is 10.2. The second kappa shape index (κ2) is 17.0. The fourth-order valence-electron chi connectivity index (χ4n) is 9.00. The Morgan fingerprint density at radius 2 is 0.562 bits per heavy atom. The average Bonchev–Trinajstić information content (AvgIpc) is 3.70. The lowest BCUT2D eigenvalue weighted by molar-refractivity contribution is 1.18. The van der Waals surface area contributed by atoms with Gasteiger partial charge in [0.1, 0.15) is 0 Å². The molecule has 1 aromatic heterocycles. The lowest BCUT2D eigenvalue weighted by Crippen LogP contribution is -2.14. The normalized spacial score (nSPS) is 11.1. The van der Waals surface area contributed by atoms with Crippen LogP contribution in [0.1, 0.15) is 0 Å². The Morgan fingerprint density at radius 3 is 1.03 bits per heavy atom. The molecule has 0 radical (unpaired) electrons. The zero-order valence-corrected chi connectivity index (χ0v) is 35.2. The van der Waals surface area contributed by atoms with E-state index in [-0.39, 0.29) is 0 Å². The summed E-state index contributed by atoms with van der Waals surface area (Å²) in [6.45, 7) is 0. The van der Waals surface area contributed by atoms with Crippen molar-refractivity contribution in [3.8, 4) is 16.8 Å². The summed E-state index contributed by atoms with van der Waals surface area (Å²) in [4.78, 5) is 7.05. The van der Waals surface area contributed by atoms with Gasteiger partial charge in [-0.2, -0.15) is 0 Å². The number of rotatable bonds is 11. The standard InChI is InChI=1S/C60H44N4/c1-6-20-45(21-7-1)46-36-38-51(39-37-46)64-59-35-17-16-34-57(59)58-41-40-56(44-60(58)64)63(54-32-18-30-52(42-54)61(47-22-8-2-9-23-47)48-24-10-3-11-25-48)55-33-19-31-53(43-55)62(49-26-12-4-13-27-49)50-28-14-5-15-29-50/h1-44H. The number of hydrogen-bond donors (Lipinski definition) is 0. The van der Waals surface area contributed by atoms with Gasteiger partial charge in [-0.3, -0.25) is 0 Å². The molecule has 0 unspecified atom stereocenters. The van der Waals surface area contributed by atoms with Gasteiger partial charge in [0, 0.05) is 67.6 Å². The summed E-state index contributed by atoms with van der Waals surface area (Å²) in [5.41, 5.74) is 15.4. The number of nitrogens with zero attached hydrogens (tertiary/aromatic N) is 4. The van der Waals surface area contributed by atoms with E-state index >= 15 is 0 Å². The fraction of sp³-hybridized carbons (Fsp3) is 0. The monoisotopic (exact) mass is 820 g/mol. The van der Waals surface area contributed by atoms with Crippen LogP contribution in [-0.2, 0) is 0 Å².